The highest BCUT2D eigenvalue weighted by molar-refractivity contribution is 5.82. The van der Waals surface area contributed by atoms with Gasteiger partial charge in [0.25, 0.3) is 0 Å². The molecule has 6 nitrogen and oxygen atoms in total. The van der Waals surface area contributed by atoms with Crippen LogP contribution >= 0.6 is 0 Å². The molecular weight excluding hydrogens is 358 g/mol. The van der Waals surface area contributed by atoms with E-state index < -0.39 is 17.9 Å². The van der Waals surface area contributed by atoms with Crippen LogP contribution in [0.2, 0.25) is 0 Å². The largest absolute Gasteiger partial charge is 0.343 e. The summed E-state index contributed by atoms with van der Waals surface area (Å²) in [4.78, 5) is 4.65. The van der Waals surface area contributed by atoms with Crippen molar-refractivity contribution in [1.82, 2.24) is 4.98 Å². The lowest BCUT2D eigenvalue weighted by atomic mass is 9.93. The molecule has 0 radical (unpaired) electrons. The van der Waals surface area contributed by atoms with Crippen molar-refractivity contribution in [2.45, 2.75) is 83.3 Å². The molecule has 3 aliphatic heterocycles. The first-order valence-corrected chi connectivity index (χ1v) is 9.93. The van der Waals surface area contributed by atoms with Gasteiger partial charge in [0, 0.05) is 17.5 Å². The second kappa shape index (κ2) is 6.21. The molecular formula is C22H27NO5. The van der Waals surface area contributed by atoms with E-state index in [0.717, 1.165) is 16.6 Å². The quantitative estimate of drug-likeness (QED) is 0.789. The van der Waals surface area contributed by atoms with Crippen molar-refractivity contribution in [2.24, 2.45) is 0 Å². The molecule has 0 spiro atoms. The van der Waals surface area contributed by atoms with Crippen LogP contribution in [0, 0.1) is 6.92 Å². The third-order valence-electron chi connectivity index (χ3n) is 5.60. The molecule has 150 valence electrons. The number of aromatic nitrogens is 1. The maximum Gasteiger partial charge on any atom is 0.190 e. The highest BCUT2D eigenvalue weighted by Gasteiger charge is 2.60. The van der Waals surface area contributed by atoms with Crippen LogP contribution in [0.15, 0.2) is 30.3 Å². The van der Waals surface area contributed by atoms with Crippen LogP contribution in [0.5, 0.6) is 0 Å². The Hall–Kier alpha value is -1.57. The Morgan fingerprint density at radius 3 is 2.39 bits per heavy atom. The van der Waals surface area contributed by atoms with Crippen LogP contribution in [-0.4, -0.2) is 47.3 Å². The van der Waals surface area contributed by atoms with Crippen molar-refractivity contribution >= 4 is 10.9 Å². The first kappa shape index (κ1) is 18.5. The van der Waals surface area contributed by atoms with E-state index in [4.69, 9.17) is 23.7 Å². The van der Waals surface area contributed by atoms with Crippen molar-refractivity contribution < 1.29 is 23.7 Å². The van der Waals surface area contributed by atoms with E-state index in [1.54, 1.807) is 0 Å². The summed E-state index contributed by atoms with van der Waals surface area (Å²) in [6.07, 6.45) is -0.717. The standard InChI is InChI=1S/C22H27NO5/c1-12-10-13(14-8-6-7-9-15(14)23-12)11-16-17-18(26-21(2,3)25-17)19-20(24-16)28-22(4,5)27-19/h6-10,16-20H,11H2,1-5H3/t16-,17-,18-,19+,20-/m0/s1. The molecule has 4 heterocycles. The fourth-order valence-corrected chi connectivity index (χ4v) is 4.64. The van der Waals surface area contributed by atoms with Gasteiger partial charge in [0.2, 0.25) is 0 Å². The van der Waals surface area contributed by atoms with E-state index in [9.17, 15) is 0 Å². The van der Waals surface area contributed by atoms with Crippen LogP contribution in [0.4, 0.5) is 0 Å². The Balaban J connectivity index is 1.50. The van der Waals surface area contributed by atoms with E-state index in [0.29, 0.717) is 6.42 Å². The molecule has 0 amide bonds. The minimum atomic E-state index is -0.704. The lowest BCUT2D eigenvalue weighted by molar-refractivity contribution is -0.233. The summed E-state index contributed by atoms with van der Waals surface area (Å²) in [5.74, 6) is -1.39. The number of fused-ring (bicyclic) bond motifs is 4. The maximum atomic E-state index is 6.37. The number of para-hydroxylation sites is 1. The van der Waals surface area contributed by atoms with Gasteiger partial charge >= 0.3 is 0 Å². The number of pyridine rings is 1. The zero-order valence-corrected chi connectivity index (χ0v) is 17.0. The Bertz CT molecular complexity index is 911. The highest BCUT2D eigenvalue weighted by atomic mass is 16.9. The molecule has 0 unspecified atom stereocenters. The lowest BCUT2D eigenvalue weighted by Crippen LogP contribution is -2.55. The molecule has 6 heteroatoms. The third kappa shape index (κ3) is 3.13. The fourth-order valence-electron chi connectivity index (χ4n) is 4.64. The predicted molar refractivity (Wildman–Crippen MR) is 103 cm³/mol. The Morgan fingerprint density at radius 2 is 1.57 bits per heavy atom. The normalized spacial score (nSPS) is 35.7. The Morgan fingerprint density at radius 1 is 0.893 bits per heavy atom. The van der Waals surface area contributed by atoms with Crippen LogP contribution in [0.25, 0.3) is 10.9 Å². The van der Waals surface area contributed by atoms with Crippen LogP contribution in [-0.2, 0) is 30.1 Å². The number of nitrogens with zero attached hydrogens (tertiary/aromatic N) is 1. The van der Waals surface area contributed by atoms with Gasteiger partial charge < -0.3 is 23.7 Å². The van der Waals surface area contributed by atoms with Crippen LogP contribution in [0.1, 0.15) is 39.0 Å². The molecule has 1 aromatic heterocycles. The molecule has 3 aliphatic rings. The smallest absolute Gasteiger partial charge is 0.190 e. The van der Waals surface area contributed by atoms with E-state index in [1.807, 2.05) is 52.8 Å². The van der Waals surface area contributed by atoms with Crippen LogP contribution in [0.3, 0.4) is 0 Å². The minimum absolute atomic E-state index is 0.198. The zero-order valence-electron chi connectivity index (χ0n) is 17.0. The SMILES string of the molecule is Cc1cc(C[C@@H]2O[C@H]3OC(C)(C)O[C@@H]3[C@H]3OC(C)(C)O[C@H]32)c2ccccc2n1. The molecule has 0 saturated carbocycles. The van der Waals surface area contributed by atoms with Gasteiger partial charge in [-0.2, -0.15) is 0 Å². The summed E-state index contributed by atoms with van der Waals surface area (Å²) in [7, 11) is 0. The van der Waals surface area contributed by atoms with Gasteiger partial charge in [-0.05, 0) is 52.3 Å². The summed E-state index contributed by atoms with van der Waals surface area (Å²) < 4.78 is 31.0. The molecule has 28 heavy (non-hydrogen) atoms. The molecule has 3 fully saturated rings. The molecule has 0 aliphatic carbocycles. The highest BCUT2D eigenvalue weighted by Crippen LogP contribution is 2.44. The summed E-state index contributed by atoms with van der Waals surface area (Å²) in [5.41, 5.74) is 3.18. The number of hydrogen-bond acceptors (Lipinski definition) is 6. The van der Waals surface area contributed by atoms with Crippen molar-refractivity contribution in [1.29, 1.82) is 0 Å². The predicted octanol–water partition coefficient (Wildman–Crippen LogP) is 3.48. The molecule has 0 N–H and O–H groups in total. The monoisotopic (exact) mass is 385 g/mol. The third-order valence-corrected chi connectivity index (χ3v) is 5.60. The van der Waals surface area contributed by atoms with Crippen molar-refractivity contribution in [3.8, 4) is 0 Å². The van der Waals surface area contributed by atoms with E-state index >= 15 is 0 Å². The van der Waals surface area contributed by atoms with E-state index in [2.05, 4.69) is 17.1 Å². The number of hydrogen-bond donors (Lipinski definition) is 0. The second-order valence-corrected chi connectivity index (χ2v) is 8.85. The van der Waals surface area contributed by atoms with Crippen molar-refractivity contribution in [2.75, 3.05) is 0 Å². The lowest BCUT2D eigenvalue weighted by Gasteiger charge is -2.37. The van der Waals surface area contributed by atoms with E-state index in [1.165, 1.54) is 5.56 Å². The van der Waals surface area contributed by atoms with Gasteiger partial charge in [-0.15, -0.1) is 0 Å². The average molecular weight is 385 g/mol. The molecule has 5 atom stereocenters. The van der Waals surface area contributed by atoms with Crippen molar-refractivity contribution in [3.63, 3.8) is 0 Å². The number of ether oxygens (including phenoxy) is 5. The minimum Gasteiger partial charge on any atom is -0.343 e. The first-order valence-electron chi connectivity index (χ1n) is 9.93. The van der Waals surface area contributed by atoms with Gasteiger partial charge in [-0.3, -0.25) is 4.98 Å². The van der Waals surface area contributed by atoms with Gasteiger partial charge in [0.1, 0.15) is 18.3 Å². The summed E-state index contributed by atoms with van der Waals surface area (Å²) in [6, 6.07) is 10.3. The topological polar surface area (TPSA) is 59.0 Å². The number of benzene rings is 1. The Kier molecular flexibility index (Phi) is 4.09. The van der Waals surface area contributed by atoms with Gasteiger partial charge in [-0.25, -0.2) is 0 Å². The molecule has 1 aromatic carbocycles. The first-order chi connectivity index (χ1) is 13.2. The van der Waals surface area contributed by atoms with Gasteiger partial charge in [0.05, 0.1) is 11.6 Å². The molecule has 5 rings (SSSR count). The molecule has 0 bridgehead atoms. The zero-order chi connectivity index (χ0) is 19.7. The van der Waals surface area contributed by atoms with Crippen LogP contribution < -0.4 is 0 Å². The second-order valence-electron chi connectivity index (χ2n) is 8.85. The number of rotatable bonds is 2. The summed E-state index contributed by atoms with van der Waals surface area (Å²) in [5, 5.41) is 1.14. The van der Waals surface area contributed by atoms with Gasteiger partial charge in [0.15, 0.2) is 17.9 Å². The molecule has 3 saturated heterocycles. The Labute approximate surface area is 165 Å². The molecule has 2 aromatic rings. The number of aryl methyl sites for hydroxylation is 1. The maximum absolute atomic E-state index is 6.37. The van der Waals surface area contributed by atoms with E-state index in [-0.39, 0.29) is 24.4 Å². The average Bonchev–Trinajstić information content (AvgIpc) is 3.09. The fraction of sp³-hybridized carbons (Fsp3) is 0.591. The summed E-state index contributed by atoms with van der Waals surface area (Å²) >= 11 is 0. The van der Waals surface area contributed by atoms with Crippen molar-refractivity contribution in [3.05, 3.63) is 41.6 Å². The van der Waals surface area contributed by atoms with Gasteiger partial charge in [-0.1, -0.05) is 18.2 Å². The summed E-state index contributed by atoms with van der Waals surface area (Å²) in [6.45, 7) is 9.69.